The fraction of sp³-hybridized carbons (Fsp3) is 0.379. The van der Waals surface area contributed by atoms with Crippen molar-refractivity contribution in [1.29, 1.82) is 0 Å². The predicted octanol–water partition coefficient (Wildman–Crippen LogP) is 3.94. The highest BCUT2D eigenvalue weighted by molar-refractivity contribution is 5.94. The second-order valence-electron chi connectivity index (χ2n) is 9.26. The average Bonchev–Trinajstić information content (AvgIpc) is 3.47. The third kappa shape index (κ3) is 6.39. The lowest BCUT2D eigenvalue weighted by molar-refractivity contribution is 0.0729. The summed E-state index contributed by atoms with van der Waals surface area (Å²) in [7, 11) is 1.63. The van der Waals surface area contributed by atoms with Gasteiger partial charge in [0.05, 0.1) is 33.5 Å². The van der Waals surface area contributed by atoms with Crippen LogP contribution in [0.3, 0.4) is 0 Å². The summed E-state index contributed by atoms with van der Waals surface area (Å²) >= 11 is 0. The van der Waals surface area contributed by atoms with Crippen molar-refractivity contribution in [2.45, 2.75) is 25.6 Å². The first-order valence-corrected chi connectivity index (χ1v) is 12.7. The van der Waals surface area contributed by atoms with E-state index in [0.717, 1.165) is 49.5 Å². The molecule has 2 aliphatic rings. The summed E-state index contributed by atoms with van der Waals surface area (Å²) in [6, 6.07) is 17.6. The number of nitrogens with zero attached hydrogens (tertiary/aromatic N) is 3. The minimum atomic E-state index is -0.0419. The van der Waals surface area contributed by atoms with Crippen molar-refractivity contribution >= 4 is 11.6 Å². The molecule has 37 heavy (non-hydrogen) atoms. The third-order valence-corrected chi connectivity index (χ3v) is 6.66. The zero-order valence-electron chi connectivity index (χ0n) is 21.2. The van der Waals surface area contributed by atoms with Crippen LogP contribution in [0, 0.1) is 0 Å². The van der Waals surface area contributed by atoms with E-state index in [-0.39, 0.29) is 12.0 Å². The van der Waals surface area contributed by atoms with Gasteiger partial charge in [0.15, 0.2) is 11.5 Å². The lowest BCUT2D eigenvalue weighted by Gasteiger charge is -2.29. The van der Waals surface area contributed by atoms with E-state index in [2.05, 4.69) is 9.88 Å². The van der Waals surface area contributed by atoms with E-state index in [1.807, 2.05) is 59.5 Å². The number of amides is 1. The number of rotatable bonds is 9. The van der Waals surface area contributed by atoms with Crippen LogP contribution in [0.5, 0.6) is 11.5 Å². The van der Waals surface area contributed by atoms with Crippen LogP contribution in [0.25, 0.3) is 0 Å². The number of methoxy groups -OCH3 is 1. The molecule has 0 N–H and O–H groups in total. The first kappa shape index (κ1) is 25.0. The largest absolute Gasteiger partial charge is 0.493 e. The molecule has 0 radical (unpaired) electrons. The maximum Gasteiger partial charge on any atom is 0.254 e. The molecule has 2 aliphatic heterocycles. The molecule has 2 fully saturated rings. The van der Waals surface area contributed by atoms with Gasteiger partial charge >= 0.3 is 0 Å². The molecule has 8 heteroatoms. The van der Waals surface area contributed by atoms with Crippen molar-refractivity contribution in [2.24, 2.45) is 0 Å². The summed E-state index contributed by atoms with van der Waals surface area (Å²) in [5.74, 6) is 1.29. The third-order valence-electron chi connectivity index (χ3n) is 6.66. The molecular formula is C29H33N3O5. The van der Waals surface area contributed by atoms with Crippen molar-refractivity contribution < 1.29 is 23.7 Å². The number of anilines is 1. The molecule has 0 spiro atoms. The SMILES string of the molecule is COc1cc(CN(Cc2cccnc2)C(=O)c2ccc(N3CCOCC3)cc2)ccc1OC1CCOC1. The van der Waals surface area contributed by atoms with E-state index in [1.165, 1.54) is 0 Å². The van der Waals surface area contributed by atoms with Gasteiger partial charge in [0.1, 0.15) is 6.10 Å². The summed E-state index contributed by atoms with van der Waals surface area (Å²) in [5, 5.41) is 0. The van der Waals surface area contributed by atoms with E-state index >= 15 is 0 Å². The molecule has 1 unspecified atom stereocenters. The fourth-order valence-electron chi connectivity index (χ4n) is 4.64. The second kappa shape index (κ2) is 12.1. The number of aromatic nitrogens is 1. The van der Waals surface area contributed by atoms with Gasteiger partial charge in [-0.2, -0.15) is 0 Å². The molecule has 1 aromatic heterocycles. The molecule has 5 rings (SSSR count). The molecule has 1 atom stereocenters. The normalized spacial score (nSPS) is 17.4. The molecule has 0 aliphatic carbocycles. The van der Waals surface area contributed by atoms with Gasteiger partial charge in [-0.05, 0) is 53.6 Å². The van der Waals surface area contributed by atoms with E-state index in [4.69, 9.17) is 18.9 Å². The van der Waals surface area contributed by atoms with Gasteiger partial charge in [-0.1, -0.05) is 12.1 Å². The highest BCUT2D eigenvalue weighted by Gasteiger charge is 2.21. The predicted molar refractivity (Wildman–Crippen MR) is 140 cm³/mol. The molecule has 2 aromatic carbocycles. The first-order valence-electron chi connectivity index (χ1n) is 12.7. The zero-order valence-corrected chi connectivity index (χ0v) is 21.2. The molecule has 1 amide bonds. The number of carbonyl (C=O) groups excluding carboxylic acids is 1. The van der Waals surface area contributed by atoms with Crippen LogP contribution in [0.4, 0.5) is 5.69 Å². The van der Waals surface area contributed by atoms with Crippen molar-refractivity contribution in [3.05, 3.63) is 83.7 Å². The number of hydrogen-bond acceptors (Lipinski definition) is 7. The molecule has 3 heterocycles. The van der Waals surface area contributed by atoms with Gasteiger partial charge in [0, 0.05) is 56.2 Å². The summed E-state index contributed by atoms with van der Waals surface area (Å²) < 4.78 is 22.6. The Labute approximate surface area is 217 Å². The van der Waals surface area contributed by atoms with Gasteiger partial charge < -0.3 is 28.7 Å². The van der Waals surface area contributed by atoms with Crippen LogP contribution in [0.15, 0.2) is 67.0 Å². The summed E-state index contributed by atoms with van der Waals surface area (Å²) in [5.41, 5.74) is 3.67. The number of ether oxygens (including phenoxy) is 4. The van der Waals surface area contributed by atoms with Crippen molar-refractivity contribution in [3.63, 3.8) is 0 Å². The van der Waals surface area contributed by atoms with Crippen LogP contribution < -0.4 is 14.4 Å². The lowest BCUT2D eigenvalue weighted by atomic mass is 10.1. The van der Waals surface area contributed by atoms with Gasteiger partial charge in [0.2, 0.25) is 0 Å². The number of carbonyl (C=O) groups is 1. The van der Waals surface area contributed by atoms with Crippen LogP contribution >= 0.6 is 0 Å². The van der Waals surface area contributed by atoms with Crippen molar-refractivity contribution in [2.75, 3.05) is 51.5 Å². The first-order chi connectivity index (χ1) is 18.2. The number of benzene rings is 2. The van der Waals surface area contributed by atoms with Crippen LogP contribution in [0.2, 0.25) is 0 Å². The van der Waals surface area contributed by atoms with Crippen molar-refractivity contribution in [3.8, 4) is 11.5 Å². The Kier molecular flexibility index (Phi) is 8.18. The highest BCUT2D eigenvalue weighted by atomic mass is 16.6. The van der Waals surface area contributed by atoms with Gasteiger partial charge in [-0.25, -0.2) is 0 Å². The summed E-state index contributed by atoms with van der Waals surface area (Å²) in [4.78, 5) is 22.0. The van der Waals surface area contributed by atoms with Crippen LogP contribution in [-0.2, 0) is 22.6 Å². The van der Waals surface area contributed by atoms with Gasteiger partial charge in [-0.15, -0.1) is 0 Å². The Balaban J connectivity index is 1.35. The minimum absolute atomic E-state index is 0.0313. The molecule has 3 aromatic rings. The summed E-state index contributed by atoms with van der Waals surface area (Å²) in [6.45, 7) is 5.32. The lowest BCUT2D eigenvalue weighted by Crippen LogP contribution is -2.36. The molecule has 0 bridgehead atoms. The smallest absolute Gasteiger partial charge is 0.254 e. The molecule has 194 valence electrons. The Hall–Kier alpha value is -3.62. The van der Waals surface area contributed by atoms with Gasteiger partial charge in [-0.3, -0.25) is 9.78 Å². The van der Waals surface area contributed by atoms with E-state index in [1.54, 1.807) is 19.5 Å². The van der Waals surface area contributed by atoms with Gasteiger partial charge in [0.25, 0.3) is 5.91 Å². The van der Waals surface area contributed by atoms with Crippen LogP contribution in [-0.4, -0.2) is 68.5 Å². The Bertz CT molecular complexity index is 1160. The monoisotopic (exact) mass is 503 g/mol. The molecule has 8 nitrogen and oxygen atoms in total. The second-order valence-corrected chi connectivity index (χ2v) is 9.26. The Morgan fingerprint density at radius 1 is 1.00 bits per heavy atom. The van der Waals surface area contributed by atoms with E-state index in [9.17, 15) is 4.79 Å². The molecule has 2 saturated heterocycles. The topological polar surface area (TPSA) is 73.4 Å². The minimum Gasteiger partial charge on any atom is -0.493 e. The standard InChI is InChI=1S/C29H33N3O5/c1-34-28-17-22(4-9-27(28)37-26-10-14-36-21-26)19-32(20-23-3-2-11-30-18-23)29(33)24-5-7-25(8-6-24)31-12-15-35-16-13-31/h2-9,11,17-18,26H,10,12-16,19-21H2,1H3. The van der Waals surface area contributed by atoms with Crippen molar-refractivity contribution in [1.82, 2.24) is 9.88 Å². The molecule has 0 saturated carbocycles. The van der Waals surface area contributed by atoms with E-state index in [0.29, 0.717) is 43.4 Å². The molecular weight excluding hydrogens is 470 g/mol. The number of morpholine rings is 1. The maximum atomic E-state index is 13.7. The quantitative estimate of drug-likeness (QED) is 0.438. The highest BCUT2D eigenvalue weighted by Crippen LogP contribution is 2.31. The number of hydrogen-bond donors (Lipinski definition) is 0. The van der Waals surface area contributed by atoms with Crippen LogP contribution in [0.1, 0.15) is 27.9 Å². The van der Waals surface area contributed by atoms with E-state index < -0.39 is 0 Å². The zero-order chi connectivity index (χ0) is 25.5. The fourth-order valence-corrected chi connectivity index (χ4v) is 4.64. The average molecular weight is 504 g/mol. The summed E-state index contributed by atoms with van der Waals surface area (Å²) in [6.07, 6.45) is 4.42. The number of pyridine rings is 1. The maximum absolute atomic E-state index is 13.7. The Morgan fingerprint density at radius 2 is 1.81 bits per heavy atom. The Morgan fingerprint density at radius 3 is 2.51 bits per heavy atom.